The zero-order chi connectivity index (χ0) is 21.9. The van der Waals surface area contributed by atoms with Gasteiger partial charge in [0.05, 0.1) is 79.3 Å². The molecule has 12 nitrogen and oxygen atoms in total. The van der Waals surface area contributed by atoms with Gasteiger partial charge in [-0.2, -0.15) is 0 Å². The van der Waals surface area contributed by atoms with Crippen LogP contribution < -0.4 is 0 Å². The lowest BCUT2D eigenvalue weighted by Crippen LogP contribution is -2.33. The van der Waals surface area contributed by atoms with E-state index < -0.39 is 50.3 Å². The van der Waals surface area contributed by atoms with Crippen molar-refractivity contribution in [2.75, 3.05) is 79.3 Å². The average Bonchev–Trinajstić information content (AvgIpc) is 2.74. The van der Waals surface area contributed by atoms with Gasteiger partial charge in [0, 0.05) is 0 Å². The Morgan fingerprint density at radius 2 is 0.862 bits per heavy atom. The lowest BCUT2D eigenvalue weighted by molar-refractivity contribution is -0.106. The maximum Gasteiger partial charge on any atom is 0.104 e. The van der Waals surface area contributed by atoms with Crippen LogP contribution in [-0.4, -0.2) is 146 Å². The second kappa shape index (κ2) is 19.5. The monoisotopic (exact) mass is 432 g/mol. The van der Waals surface area contributed by atoms with Crippen molar-refractivity contribution in [1.29, 1.82) is 0 Å². The van der Waals surface area contributed by atoms with Crippen LogP contribution in [-0.2, 0) is 23.7 Å². The molecule has 0 aliphatic carbocycles. The molecule has 0 amide bonds. The van der Waals surface area contributed by atoms with Gasteiger partial charge in [-0.05, 0) is 0 Å². The summed E-state index contributed by atoms with van der Waals surface area (Å²) >= 11 is 0. The van der Waals surface area contributed by atoms with E-state index in [9.17, 15) is 15.3 Å². The maximum absolute atomic E-state index is 9.36. The maximum atomic E-state index is 9.36. The van der Waals surface area contributed by atoms with Crippen LogP contribution >= 0.6 is 0 Å². The molecule has 5 atom stereocenters. The fourth-order valence-corrected chi connectivity index (χ4v) is 1.83. The highest BCUT2D eigenvalue weighted by molar-refractivity contribution is 4.61. The minimum Gasteiger partial charge on any atom is -0.394 e. The van der Waals surface area contributed by atoms with Gasteiger partial charge < -0.3 is 59.4 Å². The molecule has 0 spiro atoms. The molecule has 5 unspecified atom stereocenters. The second-order valence-corrected chi connectivity index (χ2v) is 6.29. The van der Waals surface area contributed by atoms with E-state index in [-0.39, 0.29) is 59.5 Å². The summed E-state index contributed by atoms with van der Waals surface area (Å²) in [6.45, 7) is -1.35. The first-order chi connectivity index (χ1) is 14.0. The Labute approximate surface area is 170 Å². The second-order valence-electron chi connectivity index (χ2n) is 6.29. The Balaban J connectivity index is 4.01. The molecular weight excluding hydrogens is 396 g/mol. The molecule has 0 rings (SSSR count). The largest absolute Gasteiger partial charge is 0.394 e. The standard InChI is InChI=1S/C17H36O12/c18-3-13(22)7-27-12-17(29-9-15(24)5-20)11-26-2-1-25-10-16(6-21)28-8-14(23)4-19/h13-24H,1-12H2. The summed E-state index contributed by atoms with van der Waals surface area (Å²) in [5.74, 6) is 0. The molecule has 7 N–H and O–H groups in total. The van der Waals surface area contributed by atoms with Crippen LogP contribution in [0.2, 0.25) is 0 Å². The summed E-state index contributed by atoms with van der Waals surface area (Å²) in [6, 6.07) is 0. The Morgan fingerprint density at radius 3 is 1.34 bits per heavy atom. The first kappa shape index (κ1) is 28.5. The van der Waals surface area contributed by atoms with Crippen molar-refractivity contribution >= 4 is 0 Å². The third-order valence-electron chi connectivity index (χ3n) is 3.48. The minimum absolute atomic E-state index is 0.0453. The Kier molecular flexibility index (Phi) is 19.2. The first-order valence-electron chi connectivity index (χ1n) is 9.40. The molecule has 0 aliphatic rings. The summed E-state index contributed by atoms with van der Waals surface area (Å²) in [5.41, 5.74) is 0. The van der Waals surface area contributed by atoms with E-state index in [2.05, 4.69) is 0 Å². The van der Waals surface area contributed by atoms with Crippen LogP contribution in [0.3, 0.4) is 0 Å². The van der Waals surface area contributed by atoms with E-state index in [0.717, 1.165) is 0 Å². The molecule has 0 aromatic heterocycles. The molecule has 0 aromatic rings. The third-order valence-corrected chi connectivity index (χ3v) is 3.48. The zero-order valence-electron chi connectivity index (χ0n) is 16.5. The van der Waals surface area contributed by atoms with Crippen molar-refractivity contribution < 1.29 is 59.4 Å². The molecule has 0 aliphatic heterocycles. The summed E-state index contributed by atoms with van der Waals surface area (Å²) in [7, 11) is 0. The molecule has 0 saturated carbocycles. The van der Waals surface area contributed by atoms with Gasteiger partial charge in [0.1, 0.15) is 30.5 Å². The Morgan fingerprint density at radius 1 is 0.448 bits per heavy atom. The van der Waals surface area contributed by atoms with Crippen molar-refractivity contribution in [2.45, 2.75) is 30.5 Å². The minimum atomic E-state index is -1.04. The molecule has 12 heteroatoms. The van der Waals surface area contributed by atoms with Crippen LogP contribution in [0.1, 0.15) is 0 Å². The highest BCUT2D eigenvalue weighted by Crippen LogP contribution is 2.00. The van der Waals surface area contributed by atoms with Crippen molar-refractivity contribution in [3.63, 3.8) is 0 Å². The Hall–Kier alpha value is -0.480. The molecule has 0 radical (unpaired) electrons. The number of aliphatic hydroxyl groups is 7. The summed E-state index contributed by atoms with van der Waals surface area (Å²) in [5, 5.41) is 63.3. The van der Waals surface area contributed by atoms with E-state index in [1.54, 1.807) is 0 Å². The van der Waals surface area contributed by atoms with Gasteiger partial charge in [-0.3, -0.25) is 0 Å². The average molecular weight is 432 g/mol. The fourth-order valence-electron chi connectivity index (χ4n) is 1.83. The quantitative estimate of drug-likeness (QED) is 0.0869. The predicted octanol–water partition coefficient (Wildman–Crippen LogP) is -4.14. The van der Waals surface area contributed by atoms with E-state index in [0.29, 0.717) is 0 Å². The molecule has 176 valence electrons. The van der Waals surface area contributed by atoms with Gasteiger partial charge >= 0.3 is 0 Å². The van der Waals surface area contributed by atoms with Crippen molar-refractivity contribution in [2.24, 2.45) is 0 Å². The third kappa shape index (κ3) is 16.9. The number of hydrogen-bond acceptors (Lipinski definition) is 12. The number of rotatable bonds is 21. The van der Waals surface area contributed by atoms with Crippen LogP contribution in [0, 0.1) is 0 Å². The van der Waals surface area contributed by atoms with Gasteiger partial charge in [0.15, 0.2) is 0 Å². The number of ether oxygens (including phenoxy) is 5. The van der Waals surface area contributed by atoms with E-state index >= 15 is 0 Å². The molecule has 0 bridgehead atoms. The van der Waals surface area contributed by atoms with Crippen molar-refractivity contribution in [1.82, 2.24) is 0 Å². The predicted molar refractivity (Wildman–Crippen MR) is 98.3 cm³/mol. The van der Waals surface area contributed by atoms with E-state index in [1.807, 2.05) is 0 Å². The molecule has 0 aromatic carbocycles. The number of aliphatic hydroxyl groups excluding tert-OH is 7. The lowest BCUT2D eigenvalue weighted by atomic mass is 10.3. The van der Waals surface area contributed by atoms with Crippen molar-refractivity contribution in [3.05, 3.63) is 0 Å². The molecule has 0 heterocycles. The van der Waals surface area contributed by atoms with Crippen LogP contribution in [0.5, 0.6) is 0 Å². The van der Waals surface area contributed by atoms with Crippen LogP contribution in [0.15, 0.2) is 0 Å². The van der Waals surface area contributed by atoms with Gasteiger partial charge in [0.2, 0.25) is 0 Å². The van der Waals surface area contributed by atoms with Gasteiger partial charge in [-0.1, -0.05) is 0 Å². The van der Waals surface area contributed by atoms with Crippen LogP contribution in [0.4, 0.5) is 0 Å². The van der Waals surface area contributed by atoms with Crippen LogP contribution in [0.25, 0.3) is 0 Å². The summed E-state index contributed by atoms with van der Waals surface area (Å²) in [6.07, 6.45) is -4.28. The Bertz CT molecular complexity index is 348. The smallest absolute Gasteiger partial charge is 0.104 e. The SMILES string of the molecule is OCC(O)COCC(COCCOCC(CO)OCC(O)CO)OCC(O)CO. The summed E-state index contributed by atoms with van der Waals surface area (Å²) < 4.78 is 26.5. The lowest BCUT2D eigenvalue weighted by Gasteiger charge is -2.20. The molecule has 0 fully saturated rings. The van der Waals surface area contributed by atoms with Crippen molar-refractivity contribution in [3.8, 4) is 0 Å². The topological polar surface area (TPSA) is 188 Å². The zero-order valence-corrected chi connectivity index (χ0v) is 16.5. The van der Waals surface area contributed by atoms with Gasteiger partial charge in [-0.15, -0.1) is 0 Å². The molecule has 0 saturated heterocycles. The first-order valence-corrected chi connectivity index (χ1v) is 9.40. The van der Waals surface area contributed by atoms with Gasteiger partial charge in [-0.25, -0.2) is 0 Å². The fraction of sp³-hybridized carbons (Fsp3) is 1.00. The van der Waals surface area contributed by atoms with E-state index in [4.69, 9.17) is 44.1 Å². The highest BCUT2D eigenvalue weighted by Gasteiger charge is 2.15. The normalized spacial score (nSPS) is 17.1. The summed E-state index contributed by atoms with van der Waals surface area (Å²) in [4.78, 5) is 0. The molecular formula is C17H36O12. The van der Waals surface area contributed by atoms with E-state index in [1.165, 1.54) is 0 Å². The highest BCUT2D eigenvalue weighted by atomic mass is 16.6. The number of hydrogen-bond donors (Lipinski definition) is 7. The molecule has 29 heavy (non-hydrogen) atoms. The van der Waals surface area contributed by atoms with Gasteiger partial charge in [0.25, 0.3) is 0 Å².